The highest BCUT2D eigenvalue weighted by Crippen LogP contribution is 2.43. The van der Waals surface area contributed by atoms with E-state index >= 15 is 0 Å². The SMILES string of the molecule is CC/C=C\C/C=C\C/C=C\C/C=C\C/C=C\C/C=C\CCC(=O)OCC(COP(=O)(O)OCC(CO)OC(=O)CCCCCCCCCCCCC)OC(=O)CCC/C=C\C/C=C\C/C=C\C/C=C\C/C=C\CC. The van der Waals surface area contributed by atoms with Gasteiger partial charge < -0.3 is 24.2 Å². The van der Waals surface area contributed by atoms with Crippen LogP contribution in [0.3, 0.4) is 0 Å². The van der Waals surface area contributed by atoms with Crippen LogP contribution in [0.1, 0.15) is 201 Å². The van der Waals surface area contributed by atoms with Crippen LogP contribution in [-0.4, -0.2) is 66.5 Å². The number of hydrogen-bond donors (Lipinski definition) is 2. The molecule has 0 radical (unpaired) electrons. The first-order chi connectivity index (χ1) is 36.2. The van der Waals surface area contributed by atoms with Crippen molar-refractivity contribution in [2.75, 3.05) is 26.4 Å². The molecular formula is C62H99O11P. The molecule has 0 spiro atoms. The molecule has 0 aliphatic rings. The Kier molecular flexibility index (Phi) is 51.6. The zero-order chi connectivity index (χ0) is 54.1. The van der Waals surface area contributed by atoms with Gasteiger partial charge in [0.2, 0.25) is 0 Å². The molecule has 0 aliphatic carbocycles. The number of allylic oxidation sites excluding steroid dienone is 22. The summed E-state index contributed by atoms with van der Waals surface area (Å²) in [6, 6.07) is 0. The summed E-state index contributed by atoms with van der Waals surface area (Å²) in [5.41, 5.74) is 0. The highest BCUT2D eigenvalue weighted by Gasteiger charge is 2.28. The summed E-state index contributed by atoms with van der Waals surface area (Å²) >= 11 is 0. The van der Waals surface area contributed by atoms with Gasteiger partial charge >= 0.3 is 25.7 Å². The van der Waals surface area contributed by atoms with E-state index in [1.807, 2.05) is 24.3 Å². The van der Waals surface area contributed by atoms with E-state index in [1.165, 1.54) is 44.9 Å². The van der Waals surface area contributed by atoms with Crippen LogP contribution in [0, 0.1) is 0 Å². The highest BCUT2D eigenvalue weighted by molar-refractivity contribution is 7.47. The van der Waals surface area contributed by atoms with E-state index in [2.05, 4.69) is 130 Å². The lowest BCUT2D eigenvalue weighted by Crippen LogP contribution is -2.30. The first kappa shape index (κ1) is 69.6. The number of hydrogen-bond acceptors (Lipinski definition) is 10. The topological polar surface area (TPSA) is 155 Å². The predicted molar refractivity (Wildman–Crippen MR) is 306 cm³/mol. The number of aliphatic hydroxyl groups excluding tert-OH is 1. The molecule has 3 unspecified atom stereocenters. The Bertz CT molecular complexity index is 1750. The number of phosphoric ester groups is 1. The molecule has 0 aromatic carbocycles. The van der Waals surface area contributed by atoms with Gasteiger partial charge in [0.05, 0.1) is 19.8 Å². The van der Waals surface area contributed by atoms with Crippen molar-refractivity contribution < 1.29 is 52.2 Å². The smallest absolute Gasteiger partial charge is 0.462 e. The molecular weight excluding hydrogens is 952 g/mol. The van der Waals surface area contributed by atoms with Gasteiger partial charge in [-0.1, -0.05) is 219 Å². The van der Waals surface area contributed by atoms with E-state index in [0.29, 0.717) is 25.7 Å². The molecule has 0 aliphatic heterocycles. The van der Waals surface area contributed by atoms with Crippen LogP contribution in [0.4, 0.5) is 0 Å². The van der Waals surface area contributed by atoms with Crippen molar-refractivity contribution in [2.45, 2.75) is 213 Å². The second kappa shape index (κ2) is 54.9. The van der Waals surface area contributed by atoms with E-state index in [0.717, 1.165) is 89.9 Å². The van der Waals surface area contributed by atoms with Gasteiger partial charge in [-0.3, -0.25) is 23.4 Å². The van der Waals surface area contributed by atoms with Gasteiger partial charge in [0, 0.05) is 19.3 Å². The maximum Gasteiger partial charge on any atom is 0.472 e. The molecule has 418 valence electrons. The van der Waals surface area contributed by atoms with Crippen molar-refractivity contribution in [3.05, 3.63) is 134 Å². The van der Waals surface area contributed by atoms with Crippen LogP contribution in [-0.2, 0) is 42.2 Å². The second-order valence-corrected chi connectivity index (χ2v) is 19.4. The van der Waals surface area contributed by atoms with E-state index < -0.39 is 64.4 Å². The third kappa shape index (κ3) is 52.5. The largest absolute Gasteiger partial charge is 0.472 e. The Morgan fingerprint density at radius 1 is 0.392 bits per heavy atom. The average Bonchev–Trinajstić information content (AvgIpc) is 3.39. The molecule has 0 heterocycles. The summed E-state index contributed by atoms with van der Waals surface area (Å²) in [5, 5.41) is 9.79. The molecule has 2 N–H and O–H groups in total. The molecule has 0 aromatic heterocycles. The Hall–Kier alpha value is -4.38. The summed E-state index contributed by atoms with van der Waals surface area (Å²) in [5.74, 6) is -1.65. The highest BCUT2D eigenvalue weighted by atomic mass is 31.2. The maximum absolute atomic E-state index is 12.9. The van der Waals surface area contributed by atoms with Gasteiger partial charge in [-0.2, -0.15) is 0 Å². The molecule has 0 saturated carbocycles. The maximum atomic E-state index is 12.9. The number of rotatable bonds is 50. The standard InChI is InChI=1S/C62H99O11P/c1-4-7-10-13-16-19-22-24-26-28-29-31-32-34-37-39-42-45-48-51-60(64)69-55-59(73-62(66)53-50-47-44-41-38-35-33-30-27-25-23-20-17-14-11-8-5-2)57-71-74(67,68)70-56-58(54-63)72-61(65)52-49-46-43-40-36-21-18-15-12-9-6-3/h7-8,10-11,16-17,19-20,24-27,29,31,33-35,37,41-42,44-45,58-59,63H,4-6,9,12-15,18,21-23,28,30,32,36,38-40,43,46-57H2,1-3H3,(H,67,68)/b10-7-,11-8-,19-16-,20-17-,26-24-,27-25-,31-29-,35-33-,37-34-,44-41-,45-42-. The van der Waals surface area contributed by atoms with E-state index in [4.69, 9.17) is 23.3 Å². The molecule has 0 saturated heterocycles. The Morgan fingerprint density at radius 2 is 0.730 bits per heavy atom. The van der Waals surface area contributed by atoms with Gasteiger partial charge in [0.1, 0.15) is 12.7 Å². The molecule has 0 aromatic rings. The summed E-state index contributed by atoms with van der Waals surface area (Å²) < 4.78 is 39.3. The fourth-order valence-electron chi connectivity index (χ4n) is 6.89. The second-order valence-electron chi connectivity index (χ2n) is 18.0. The van der Waals surface area contributed by atoms with Gasteiger partial charge in [0.15, 0.2) is 6.10 Å². The number of ether oxygens (including phenoxy) is 3. The molecule has 11 nitrogen and oxygen atoms in total. The summed E-state index contributed by atoms with van der Waals surface area (Å²) in [4.78, 5) is 48.4. The number of aliphatic hydroxyl groups is 1. The summed E-state index contributed by atoms with van der Waals surface area (Å²) in [7, 11) is -4.78. The number of carbonyl (C=O) groups excluding carboxylic acids is 3. The van der Waals surface area contributed by atoms with Crippen LogP contribution < -0.4 is 0 Å². The van der Waals surface area contributed by atoms with Crippen LogP contribution in [0.2, 0.25) is 0 Å². The van der Waals surface area contributed by atoms with Gasteiger partial charge in [-0.15, -0.1) is 0 Å². The number of esters is 3. The normalized spacial score (nSPS) is 14.4. The minimum atomic E-state index is -4.78. The first-order valence-corrected chi connectivity index (χ1v) is 29.6. The van der Waals surface area contributed by atoms with Crippen LogP contribution in [0.15, 0.2) is 134 Å². The van der Waals surface area contributed by atoms with E-state index in [1.54, 1.807) is 0 Å². The lowest BCUT2D eigenvalue weighted by molar-refractivity contribution is -0.161. The molecule has 0 rings (SSSR count). The minimum Gasteiger partial charge on any atom is -0.462 e. The first-order valence-electron chi connectivity index (χ1n) is 28.1. The predicted octanol–water partition coefficient (Wildman–Crippen LogP) is 16.6. The molecule has 12 heteroatoms. The third-order valence-corrected chi connectivity index (χ3v) is 12.0. The molecule has 0 amide bonds. The van der Waals surface area contributed by atoms with E-state index in [-0.39, 0.29) is 19.3 Å². The molecule has 0 fully saturated rings. The molecule has 74 heavy (non-hydrogen) atoms. The van der Waals surface area contributed by atoms with Crippen LogP contribution in [0.5, 0.6) is 0 Å². The fourth-order valence-corrected chi connectivity index (χ4v) is 7.67. The lowest BCUT2D eigenvalue weighted by atomic mass is 10.1. The van der Waals surface area contributed by atoms with Gasteiger partial charge in [-0.25, -0.2) is 4.57 Å². The monoisotopic (exact) mass is 1050 g/mol. The third-order valence-electron chi connectivity index (χ3n) is 11.1. The number of carbonyl (C=O) groups is 3. The van der Waals surface area contributed by atoms with Crippen molar-refractivity contribution in [3.63, 3.8) is 0 Å². The van der Waals surface area contributed by atoms with Gasteiger partial charge in [-0.05, 0) is 96.3 Å². The quantitative estimate of drug-likeness (QED) is 0.0197. The zero-order valence-corrected chi connectivity index (χ0v) is 46.9. The average molecular weight is 1050 g/mol. The Balaban J connectivity index is 4.95. The Labute approximate surface area is 449 Å². The molecule has 0 bridgehead atoms. The van der Waals surface area contributed by atoms with Gasteiger partial charge in [0.25, 0.3) is 0 Å². The van der Waals surface area contributed by atoms with E-state index in [9.17, 15) is 28.9 Å². The van der Waals surface area contributed by atoms with Crippen molar-refractivity contribution in [1.29, 1.82) is 0 Å². The van der Waals surface area contributed by atoms with Crippen molar-refractivity contribution in [2.24, 2.45) is 0 Å². The van der Waals surface area contributed by atoms with Crippen molar-refractivity contribution in [3.8, 4) is 0 Å². The Morgan fingerprint density at radius 3 is 1.14 bits per heavy atom. The van der Waals surface area contributed by atoms with Crippen molar-refractivity contribution >= 4 is 25.7 Å². The lowest BCUT2D eigenvalue weighted by Gasteiger charge is -2.21. The van der Waals surface area contributed by atoms with Crippen LogP contribution >= 0.6 is 7.82 Å². The summed E-state index contributed by atoms with van der Waals surface area (Å²) in [6.45, 7) is 4.23. The minimum absolute atomic E-state index is 0.0669. The number of phosphoric acid groups is 1. The molecule has 3 atom stereocenters. The zero-order valence-electron chi connectivity index (χ0n) is 46.0. The fraction of sp³-hybridized carbons (Fsp3) is 0.597. The number of unbranched alkanes of at least 4 members (excludes halogenated alkanes) is 11. The van der Waals surface area contributed by atoms with Crippen LogP contribution in [0.25, 0.3) is 0 Å². The summed E-state index contributed by atoms with van der Waals surface area (Å²) in [6.07, 6.45) is 68.7. The van der Waals surface area contributed by atoms with Crippen molar-refractivity contribution in [1.82, 2.24) is 0 Å².